The molecule has 1 fully saturated rings. The molecule has 1 unspecified atom stereocenters. The molecule has 0 saturated carbocycles. The Morgan fingerprint density at radius 3 is 2.95 bits per heavy atom. The molecule has 0 amide bonds. The number of nitrogens with one attached hydrogen (secondary N) is 1. The van der Waals surface area contributed by atoms with Crippen LogP contribution in [0.2, 0.25) is 0 Å². The number of aromatic nitrogens is 5. The fraction of sp³-hybridized carbons (Fsp3) is 0.636. The van der Waals surface area contributed by atoms with Crippen molar-refractivity contribution in [3.63, 3.8) is 0 Å². The van der Waals surface area contributed by atoms with Gasteiger partial charge in [-0.1, -0.05) is 5.16 Å². The van der Waals surface area contributed by atoms with Crippen LogP contribution in [0.25, 0.3) is 11.7 Å². The van der Waals surface area contributed by atoms with Crippen LogP contribution in [-0.2, 0) is 6.42 Å². The van der Waals surface area contributed by atoms with E-state index in [2.05, 4.69) is 49.2 Å². The molecule has 1 saturated heterocycles. The average Bonchev–Trinajstić information content (AvgIpc) is 3.03. The SMILES string of the molecule is CN1CCN(C)C(Cc2noc(-c3nc(N)n[nH]3)n2)C1. The number of nitrogens with zero attached hydrogens (tertiary/aromatic N) is 6. The average molecular weight is 278 g/mol. The number of nitrogens with two attached hydrogens (primary N) is 1. The molecule has 0 aromatic carbocycles. The summed E-state index contributed by atoms with van der Waals surface area (Å²) in [4.78, 5) is 12.9. The fourth-order valence-electron chi connectivity index (χ4n) is 2.34. The van der Waals surface area contributed by atoms with E-state index in [-0.39, 0.29) is 5.95 Å². The number of piperazine rings is 1. The van der Waals surface area contributed by atoms with Gasteiger partial charge in [0, 0.05) is 32.1 Å². The van der Waals surface area contributed by atoms with E-state index in [0.29, 0.717) is 23.6 Å². The highest BCUT2D eigenvalue weighted by Crippen LogP contribution is 2.15. The molecule has 0 bridgehead atoms. The summed E-state index contributed by atoms with van der Waals surface area (Å²) in [6, 6.07) is 0.388. The molecule has 3 N–H and O–H groups in total. The highest BCUT2D eigenvalue weighted by atomic mass is 16.5. The molecule has 1 aliphatic heterocycles. The van der Waals surface area contributed by atoms with Crippen molar-refractivity contribution in [1.82, 2.24) is 35.1 Å². The Kier molecular flexibility index (Phi) is 3.36. The number of anilines is 1. The van der Waals surface area contributed by atoms with Gasteiger partial charge < -0.3 is 20.1 Å². The summed E-state index contributed by atoms with van der Waals surface area (Å²) in [5.41, 5.74) is 5.45. The second-order valence-electron chi connectivity index (χ2n) is 5.16. The van der Waals surface area contributed by atoms with Crippen LogP contribution in [0.5, 0.6) is 0 Å². The van der Waals surface area contributed by atoms with Crippen LogP contribution in [0.3, 0.4) is 0 Å². The Morgan fingerprint density at radius 2 is 2.20 bits per heavy atom. The Morgan fingerprint density at radius 1 is 1.35 bits per heavy atom. The Bertz CT molecular complexity index is 578. The number of hydrogen-bond acceptors (Lipinski definition) is 8. The minimum atomic E-state index is 0.161. The molecule has 0 spiro atoms. The lowest BCUT2D eigenvalue weighted by atomic mass is 10.1. The van der Waals surface area contributed by atoms with Gasteiger partial charge in [0.15, 0.2) is 5.82 Å². The summed E-state index contributed by atoms with van der Waals surface area (Å²) in [5, 5.41) is 10.4. The normalized spacial score (nSPS) is 21.4. The van der Waals surface area contributed by atoms with Crippen LogP contribution in [0.1, 0.15) is 5.82 Å². The standard InChI is InChI=1S/C11H18N8O/c1-18-3-4-19(2)7(6-18)5-8-13-10(20-17-8)9-14-11(12)16-15-9/h7H,3-6H2,1-2H3,(H3,12,14,15,16). The van der Waals surface area contributed by atoms with E-state index in [1.165, 1.54) is 0 Å². The quantitative estimate of drug-likeness (QED) is 0.752. The predicted octanol–water partition coefficient (Wildman–Crippen LogP) is -0.775. The molecule has 20 heavy (non-hydrogen) atoms. The molecular formula is C11H18N8O. The molecule has 9 heteroatoms. The zero-order valence-corrected chi connectivity index (χ0v) is 11.6. The third kappa shape index (κ3) is 2.63. The molecule has 2 aromatic rings. The molecule has 0 aliphatic carbocycles. The molecule has 1 atom stereocenters. The molecule has 3 heterocycles. The van der Waals surface area contributed by atoms with Gasteiger partial charge in [0.05, 0.1) is 0 Å². The molecule has 2 aromatic heterocycles. The summed E-state index contributed by atoms with van der Waals surface area (Å²) in [6.07, 6.45) is 0.744. The van der Waals surface area contributed by atoms with Crippen molar-refractivity contribution in [2.75, 3.05) is 39.5 Å². The van der Waals surface area contributed by atoms with E-state index >= 15 is 0 Å². The topological polar surface area (TPSA) is 113 Å². The van der Waals surface area contributed by atoms with E-state index in [0.717, 1.165) is 26.1 Å². The van der Waals surface area contributed by atoms with Crippen molar-refractivity contribution in [3.05, 3.63) is 5.82 Å². The van der Waals surface area contributed by atoms with Crippen molar-refractivity contribution in [2.45, 2.75) is 12.5 Å². The summed E-state index contributed by atoms with van der Waals surface area (Å²) >= 11 is 0. The van der Waals surface area contributed by atoms with E-state index in [1.807, 2.05) is 0 Å². The monoisotopic (exact) mass is 278 g/mol. The van der Waals surface area contributed by atoms with Crippen molar-refractivity contribution in [1.29, 1.82) is 0 Å². The summed E-state index contributed by atoms with van der Waals surface area (Å²) in [7, 11) is 4.24. The maximum Gasteiger partial charge on any atom is 0.295 e. The van der Waals surface area contributed by atoms with Gasteiger partial charge in [-0.15, -0.1) is 5.10 Å². The van der Waals surface area contributed by atoms with E-state index in [4.69, 9.17) is 10.3 Å². The van der Waals surface area contributed by atoms with E-state index < -0.39 is 0 Å². The highest BCUT2D eigenvalue weighted by molar-refractivity contribution is 5.41. The van der Waals surface area contributed by atoms with Crippen molar-refractivity contribution < 1.29 is 4.52 Å². The van der Waals surface area contributed by atoms with Gasteiger partial charge in [0.1, 0.15) is 0 Å². The number of rotatable bonds is 3. The van der Waals surface area contributed by atoms with Crippen LogP contribution >= 0.6 is 0 Å². The number of H-pyrrole nitrogens is 1. The van der Waals surface area contributed by atoms with Crippen molar-refractivity contribution in [2.24, 2.45) is 0 Å². The van der Waals surface area contributed by atoms with Crippen LogP contribution in [0.15, 0.2) is 4.52 Å². The van der Waals surface area contributed by atoms with Crippen molar-refractivity contribution in [3.8, 4) is 11.7 Å². The summed E-state index contributed by atoms with van der Waals surface area (Å²) < 4.78 is 5.19. The van der Waals surface area contributed by atoms with Crippen LogP contribution < -0.4 is 5.73 Å². The Balaban J connectivity index is 1.70. The first-order valence-corrected chi connectivity index (χ1v) is 6.51. The molecule has 9 nitrogen and oxygen atoms in total. The Labute approximate surface area is 116 Å². The number of aromatic amines is 1. The zero-order chi connectivity index (χ0) is 14.1. The second kappa shape index (κ2) is 5.17. The lowest BCUT2D eigenvalue weighted by Crippen LogP contribution is -2.50. The summed E-state index contributed by atoms with van der Waals surface area (Å²) in [6.45, 7) is 3.13. The third-order valence-electron chi connectivity index (χ3n) is 3.57. The van der Waals surface area contributed by atoms with Gasteiger partial charge in [-0.05, 0) is 14.1 Å². The Hall–Kier alpha value is -2.00. The van der Waals surface area contributed by atoms with Crippen LogP contribution in [-0.4, -0.2) is 74.9 Å². The van der Waals surface area contributed by atoms with Crippen LogP contribution in [0, 0.1) is 0 Å². The van der Waals surface area contributed by atoms with Crippen LogP contribution in [0.4, 0.5) is 5.95 Å². The number of likely N-dealkylation sites (N-methyl/N-ethyl adjacent to an activating group) is 2. The van der Waals surface area contributed by atoms with Gasteiger partial charge in [-0.3, -0.25) is 5.10 Å². The van der Waals surface area contributed by atoms with E-state index in [1.54, 1.807) is 0 Å². The minimum absolute atomic E-state index is 0.161. The lowest BCUT2D eigenvalue weighted by molar-refractivity contribution is 0.113. The second-order valence-corrected chi connectivity index (χ2v) is 5.16. The highest BCUT2D eigenvalue weighted by Gasteiger charge is 2.24. The lowest BCUT2D eigenvalue weighted by Gasteiger charge is -2.37. The van der Waals surface area contributed by atoms with Gasteiger partial charge in [-0.2, -0.15) is 9.97 Å². The smallest absolute Gasteiger partial charge is 0.295 e. The van der Waals surface area contributed by atoms with Crippen molar-refractivity contribution >= 4 is 5.95 Å². The summed E-state index contributed by atoms with van der Waals surface area (Å²) in [5.74, 6) is 1.54. The number of nitrogen functional groups attached to an aromatic ring is 1. The first-order chi connectivity index (χ1) is 9.61. The maximum atomic E-state index is 5.45. The van der Waals surface area contributed by atoms with Gasteiger partial charge >= 0.3 is 0 Å². The third-order valence-corrected chi connectivity index (χ3v) is 3.57. The molecular weight excluding hydrogens is 260 g/mol. The minimum Gasteiger partial charge on any atom is -0.366 e. The first kappa shape index (κ1) is 13.0. The maximum absolute atomic E-state index is 5.45. The first-order valence-electron chi connectivity index (χ1n) is 6.51. The largest absolute Gasteiger partial charge is 0.366 e. The van der Waals surface area contributed by atoms with Gasteiger partial charge in [0.25, 0.3) is 5.89 Å². The predicted molar refractivity (Wildman–Crippen MR) is 71.7 cm³/mol. The molecule has 3 rings (SSSR count). The molecule has 1 aliphatic rings. The number of hydrogen-bond donors (Lipinski definition) is 2. The zero-order valence-electron chi connectivity index (χ0n) is 11.6. The molecule has 0 radical (unpaired) electrons. The molecule has 108 valence electrons. The van der Waals surface area contributed by atoms with E-state index in [9.17, 15) is 0 Å². The van der Waals surface area contributed by atoms with Gasteiger partial charge in [0.2, 0.25) is 11.8 Å². The van der Waals surface area contributed by atoms with Gasteiger partial charge in [-0.25, -0.2) is 0 Å². The fourth-order valence-corrected chi connectivity index (χ4v) is 2.34.